The summed E-state index contributed by atoms with van der Waals surface area (Å²) in [6, 6.07) is 5.78. The van der Waals surface area contributed by atoms with Gasteiger partial charge in [0.25, 0.3) is 0 Å². The molecule has 0 aliphatic rings. The Morgan fingerprint density at radius 2 is 2.28 bits per heavy atom. The van der Waals surface area contributed by atoms with Gasteiger partial charge in [0.2, 0.25) is 0 Å². The van der Waals surface area contributed by atoms with Gasteiger partial charge in [-0.25, -0.2) is 9.97 Å². The largest absolute Gasteiger partial charge is 0.342 e. The van der Waals surface area contributed by atoms with Gasteiger partial charge >= 0.3 is 0 Å². The maximum atomic E-state index is 6.01. The van der Waals surface area contributed by atoms with Crippen LogP contribution < -0.4 is 0 Å². The smallest absolute Gasteiger partial charge is 0.177 e. The molecule has 5 heteroatoms. The minimum absolute atomic E-state index is 0.703. The number of hydrogen-bond acceptors (Lipinski definition) is 2. The lowest BCUT2D eigenvalue weighted by molar-refractivity contribution is 0.701. The maximum Gasteiger partial charge on any atom is 0.177 e. The summed E-state index contributed by atoms with van der Waals surface area (Å²) in [6.07, 6.45) is 4.58. The summed E-state index contributed by atoms with van der Waals surface area (Å²) in [5, 5.41) is 0.703. The molecule has 0 atom stereocenters. The van der Waals surface area contributed by atoms with Crippen LogP contribution in [0.15, 0.2) is 30.6 Å². The van der Waals surface area contributed by atoms with Crippen molar-refractivity contribution in [3.8, 4) is 11.6 Å². The van der Waals surface area contributed by atoms with Crippen molar-refractivity contribution in [1.82, 2.24) is 19.5 Å². The van der Waals surface area contributed by atoms with E-state index in [1.54, 1.807) is 12.4 Å². The van der Waals surface area contributed by atoms with E-state index in [-0.39, 0.29) is 0 Å². The molecule has 4 nitrogen and oxygen atoms in total. The summed E-state index contributed by atoms with van der Waals surface area (Å²) >= 11 is 6.01. The number of H-pyrrole nitrogens is 1. The summed E-state index contributed by atoms with van der Waals surface area (Å²) in [5.41, 5.74) is 2.00. The Bertz CT molecular complexity index is 670. The van der Waals surface area contributed by atoms with E-state index in [2.05, 4.69) is 26.4 Å². The predicted octanol–water partition coefficient (Wildman–Crippen LogP) is 3.49. The zero-order valence-electron chi connectivity index (χ0n) is 10.0. The van der Waals surface area contributed by atoms with Gasteiger partial charge in [-0.15, -0.1) is 0 Å². The molecule has 0 aliphatic heterocycles. The molecule has 0 bridgehead atoms. The highest BCUT2D eigenvalue weighted by atomic mass is 35.5. The van der Waals surface area contributed by atoms with Gasteiger partial charge in [-0.05, 0) is 24.6 Å². The molecule has 18 heavy (non-hydrogen) atoms. The Balaban J connectivity index is 2.26. The van der Waals surface area contributed by atoms with Crippen molar-refractivity contribution in [2.24, 2.45) is 0 Å². The van der Waals surface area contributed by atoms with Gasteiger partial charge in [-0.2, -0.15) is 0 Å². The normalized spacial score (nSPS) is 11.2. The van der Waals surface area contributed by atoms with Crippen molar-refractivity contribution < 1.29 is 0 Å². The summed E-state index contributed by atoms with van der Waals surface area (Å²) in [5.74, 6) is 1.65. The van der Waals surface area contributed by atoms with Crippen LogP contribution in [0.1, 0.15) is 13.3 Å². The van der Waals surface area contributed by atoms with Crippen LogP contribution >= 0.6 is 11.6 Å². The third-order valence-electron chi connectivity index (χ3n) is 2.87. The Hall–Kier alpha value is -1.81. The van der Waals surface area contributed by atoms with Crippen LogP contribution in [-0.2, 0) is 6.54 Å². The molecular weight excluding hydrogens is 248 g/mol. The SMILES string of the molecule is CCCn1c(-c2ncc[nH]2)nc2cc(Cl)ccc21. The molecule has 0 aliphatic carbocycles. The van der Waals surface area contributed by atoms with Crippen LogP contribution in [0, 0.1) is 0 Å². The van der Waals surface area contributed by atoms with Crippen molar-refractivity contribution in [2.75, 3.05) is 0 Å². The van der Waals surface area contributed by atoms with Gasteiger partial charge in [-0.1, -0.05) is 18.5 Å². The van der Waals surface area contributed by atoms with Gasteiger partial charge in [0.1, 0.15) is 0 Å². The lowest BCUT2D eigenvalue weighted by Crippen LogP contribution is -2.00. The number of aromatic nitrogens is 4. The van der Waals surface area contributed by atoms with E-state index in [1.807, 2.05) is 18.2 Å². The molecule has 0 unspecified atom stereocenters. The maximum absolute atomic E-state index is 6.01. The number of imidazole rings is 2. The molecule has 1 N–H and O–H groups in total. The minimum Gasteiger partial charge on any atom is -0.342 e. The second-order valence-electron chi connectivity index (χ2n) is 4.16. The second-order valence-corrected chi connectivity index (χ2v) is 4.59. The van der Waals surface area contributed by atoms with E-state index in [9.17, 15) is 0 Å². The Kier molecular flexibility index (Phi) is 2.80. The quantitative estimate of drug-likeness (QED) is 0.784. The van der Waals surface area contributed by atoms with Gasteiger partial charge in [-0.3, -0.25) is 0 Å². The molecule has 0 amide bonds. The van der Waals surface area contributed by atoms with Crippen LogP contribution in [0.3, 0.4) is 0 Å². The molecule has 1 aromatic carbocycles. The molecule has 92 valence electrons. The fourth-order valence-electron chi connectivity index (χ4n) is 2.12. The first-order chi connectivity index (χ1) is 8.79. The molecule has 3 aromatic rings. The van der Waals surface area contributed by atoms with Crippen LogP contribution in [0.4, 0.5) is 0 Å². The molecule has 2 heterocycles. The van der Waals surface area contributed by atoms with Gasteiger partial charge in [0.15, 0.2) is 11.6 Å². The number of benzene rings is 1. The number of nitrogens with zero attached hydrogens (tertiary/aromatic N) is 3. The fourth-order valence-corrected chi connectivity index (χ4v) is 2.29. The van der Waals surface area contributed by atoms with Crippen LogP contribution in [0.5, 0.6) is 0 Å². The first kappa shape index (κ1) is 11.3. The van der Waals surface area contributed by atoms with Crippen molar-refractivity contribution >= 4 is 22.6 Å². The first-order valence-corrected chi connectivity index (χ1v) is 6.33. The summed E-state index contributed by atoms with van der Waals surface area (Å²) in [7, 11) is 0. The number of aromatic amines is 1. The van der Waals surface area contributed by atoms with E-state index < -0.39 is 0 Å². The number of aryl methyl sites for hydroxylation is 1. The van der Waals surface area contributed by atoms with E-state index >= 15 is 0 Å². The minimum atomic E-state index is 0.703. The highest BCUT2D eigenvalue weighted by Gasteiger charge is 2.13. The molecule has 0 saturated carbocycles. The first-order valence-electron chi connectivity index (χ1n) is 5.95. The van der Waals surface area contributed by atoms with Crippen LogP contribution in [0.2, 0.25) is 5.02 Å². The monoisotopic (exact) mass is 260 g/mol. The van der Waals surface area contributed by atoms with Gasteiger partial charge in [0, 0.05) is 24.0 Å². The van der Waals surface area contributed by atoms with Crippen LogP contribution in [-0.4, -0.2) is 19.5 Å². The van der Waals surface area contributed by atoms with Crippen molar-refractivity contribution in [3.63, 3.8) is 0 Å². The van der Waals surface area contributed by atoms with E-state index in [0.717, 1.165) is 35.6 Å². The molecule has 3 rings (SSSR count). The Morgan fingerprint density at radius 1 is 1.39 bits per heavy atom. The number of hydrogen-bond donors (Lipinski definition) is 1. The number of fused-ring (bicyclic) bond motifs is 1. The van der Waals surface area contributed by atoms with E-state index in [4.69, 9.17) is 11.6 Å². The molecular formula is C13H13ClN4. The third kappa shape index (κ3) is 1.78. The lowest BCUT2D eigenvalue weighted by atomic mass is 10.3. The molecule has 2 aromatic heterocycles. The van der Waals surface area contributed by atoms with Crippen molar-refractivity contribution in [2.45, 2.75) is 19.9 Å². The van der Waals surface area contributed by atoms with Crippen molar-refractivity contribution in [3.05, 3.63) is 35.6 Å². The third-order valence-corrected chi connectivity index (χ3v) is 3.10. The van der Waals surface area contributed by atoms with Crippen LogP contribution in [0.25, 0.3) is 22.7 Å². The van der Waals surface area contributed by atoms with Gasteiger partial charge in [0.05, 0.1) is 11.0 Å². The number of halogens is 1. The molecule has 0 radical (unpaired) electrons. The molecule has 0 spiro atoms. The van der Waals surface area contributed by atoms with E-state index in [1.165, 1.54) is 0 Å². The zero-order valence-corrected chi connectivity index (χ0v) is 10.8. The second kappa shape index (κ2) is 4.46. The molecule has 0 saturated heterocycles. The average molecular weight is 261 g/mol. The highest BCUT2D eigenvalue weighted by molar-refractivity contribution is 6.31. The Morgan fingerprint density at radius 3 is 3.00 bits per heavy atom. The number of nitrogens with one attached hydrogen (secondary N) is 1. The van der Waals surface area contributed by atoms with Gasteiger partial charge < -0.3 is 9.55 Å². The highest BCUT2D eigenvalue weighted by Crippen LogP contribution is 2.25. The standard InChI is InChI=1S/C13H13ClN4/c1-2-7-18-11-4-3-9(14)8-10(11)17-13(18)12-15-5-6-16-12/h3-6,8H,2,7H2,1H3,(H,15,16). The van der Waals surface area contributed by atoms with E-state index in [0.29, 0.717) is 5.02 Å². The topological polar surface area (TPSA) is 46.5 Å². The summed E-state index contributed by atoms with van der Waals surface area (Å²) in [4.78, 5) is 12.0. The summed E-state index contributed by atoms with van der Waals surface area (Å²) in [6.45, 7) is 3.06. The van der Waals surface area contributed by atoms with Crippen molar-refractivity contribution in [1.29, 1.82) is 0 Å². The average Bonchev–Trinajstić information content (AvgIpc) is 2.97. The molecule has 0 fully saturated rings. The zero-order chi connectivity index (χ0) is 12.5. The Labute approximate surface area is 110 Å². The number of rotatable bonds is 3. The predicted molar refractivity (Wildman–Crippen MR) is 72.6 cm³/mol. The fraction of sp³-hybridized carbons (Fsp3) is 0.231. The summed E-state index contributed by atoms with van der Waals surface area (Å²) < 4.78 is 2.17. The lowest BCUT2D eigenvalue weighted by Gasteiger charge is -2.05.